The minimum absolute atomic E-state index is 0.0114. The smallest absolute Gasteiger partial charge is 0.251 e. The van der Waals surface area contributed by atoms with Crippen molar-refractivity contribution in [2.24, 2.45) is 0 Å². The predicted molar refractivity (Wildman–Crippen MR) is 79.2 cm³/mol. The quantitative estimate of drug-likeness (QED) is 0.886. The molecule has 108 valence electrons. The average molecular weight is 274 g/mol. The minimum Gasteiger partial charge on any atom is -0.384 e. The fourth-order valence-corrected chi connectivity index (χ4v) is 2.92. The van der Waals surface area contributed by atoms with Gasteiger partial charge >= 0.3 is 0 Å². The van der Waals surface area contributed by atoms with Gasteiger partial charge in [-0.15, -0.1) is 0 Å². The van der Waals surface area contributed by atoms with Crippen molar-refractivity contribution >= 4 is 11.6 Å². The lowest BCUT2D eigenvalue weighted by atomic mass is 10.1. The molecule has 0 saturated carbocycles. The normalized spacial score (nSPS) is 21.1. The highest BCUT2D eigenvalue weighted by Gasteiger charge is 2.15. The number of anilines is 1. The summed E-state index contributed by atoms with van der Waals surface area (Å²) in [5, 5.41) is 6.29. The van der Waals surface area contributed by atoms with E-state index in [1.165, 1.54) is 18.4 Å². The van der Waals surface area contributed by atoms with Gasteiger partial charge in [-0.05, 0) is 49.8 Å². The van der Waals surface area contributed by atoms with Crippen LogP contribution in [0, 0.1) is 0 Å². The number of carbonyl (C=O) groups is 1. The highest BCUT2D eigenvalue weighted by molar-refractivity contribution is 5.95. The van der Waals surface area contributed by atoms with E-state index in [9.17, 15) is 4.79 Å². The average Bonchev–Trinajstić information content (AvgIpc) is 2.95. The number of amides is 1. The summed E-state index contributed by atoms with van der Waals surface area (Å²) in [6.07, 6.45) is 5.83. The van der Waals surface area contributed by atoms with Gasteiger partial charge in [0.05, 0.1) is 6.10 Å². The Bertz CT molecular complexity index is 481. The third-order valence-corrected chi connectivity index (χ3v) is 4.11. The van der Waals surface area contributed by atoms with E-state index in [2.05, 4.69) is 16.7 Å². The third kappa shape index (κ3) is 3.12. The van der Waals surface area contributed by atoms with Crippen molar-refractivity contribution in [3.8, 4) is 0 Å². The van der Waals surface area contributed by atoms with Gasteiger partial charge in [-0.1, -0.05) is 6.07 Å². The van der Waals surface area contributed by atoms with Crippen LogP contribution in [-0.4, -0.2) is 31.7 Å². The molecule has 1 fully saturated rings. The Kier molecular flexibility index (Phi) is 4.21. The van der Waals surface area contributed by atoms with E-state index in [4.69, 9.17) is 4.74 Å². The molecule has 4 heteroatoms. The van der Waals surface area contributed by atoms with Crippen LogP contribution in [0.25, 0.3) is 0 Å². The maximum absolute atomic E-state index is 12.1. The van der Waals surface area contributed by atoms with Crippen molar-refractivity contribution < 1.29 is 9.53 Å². The lowest BCUT2D eigenvalue weighted by Gasteiger charge is -2.22. The molecule has 0 aliphatic carbocycles. The molecule has 2 aliphatic rings. The zero-order valence-corrected chi connectivity index (χ0v) is 11.8. The van der Waals surface area contributed by atoms with Crippen LogP contribution in [0.4, 0.5) is 5.69 Å². The van der Waals surface area contributed by atoms with E-state index in [0.29, 0.717) is 12.6 Å². The molecular formula is C16H22N2O2. The zero-order valence-electron chi connectivity index (χ0n) is 11.8. The first-order valence-electron chi connectivity index (χ1n) is 7.59. The second kappa shape index (κ2) is 6.27. The molecule has 0 spiro atoms. The van der Waals surface area contributed by atoms with Crippen LogP contribution in [0.2, 0.25) is 0 Å². The van der Waals surface area contributed by atoms with Crippen LogP contribution in [0.15, 0.2) is 18.2 Å². The van der Waals surface area contributed by atoms with Gasteiger partial charge in [0, 0.05) is 30.9 Å². The molecule has 1 atom stereocenters. The maximum Gasteiger partial charge on any atom is 0.251 e. The Hall–Kier alpha value is -1.55. The standard InChI is InChI=1S/C16H22N2O2/c19-16(18-9-7-14-3-1-2-10-20-14)13-5-4-12-6-8-17-15(12)11-13/h4-5,11,14,17H,1-3,6-10H2,(H,18,19). The molecule has 1 aromatic carbocycles. The van der Waals surface area contributed by atoms with E-state index in [1.807, 2.05) is 12.1 Å². The molecule has 0 radical (unpaired) electrons. The lowest BCUT2D eigenvalue weighted by Crippen LogP contribution is -2.29. The number of rotatable bonds is 4. The van der Waals surface area contributed by atoms with Crippen molar-refractivity contribution in [3.63, 3.8) is 0 Å². The molecule has 1 unspecified atom stereocenters. The Morgan fingerprint density at radius 2 is 2.35 bits per heavy atom. The van der Waals surface area contributed by atoms with Gasteiger partial charge in [-0.2, -0.15) is 0 Å². The molecule has 3 rings (SSSR count). The van der Waals surface area contributed by atoms with Gasteiger partial charge in [0.15, 0.2) is 0 Å². The van der Waals surface area contributed by atoms with E-state index in [1.54, 1.807) is 0 Å². The monoisotopic (exact) mass is 274 g/mol. The van der Waals surface area contributed by atoms with Gasteiger partial charge in [-0.3, -0.25) is 4.79 Å². The first kappa shape index (κ1) is 13.4. The number of fused-ring (bicyclic) bond motifs is 1. The first-order chi connectivity index (χ1) is 9.83. The van der Waals surface area contributed by atoms with Crippen molar-refractivity contribution in [1.82, 2.24) is 5.32 Å². The summed E-state index contributed by atoms with van der Waals surface area (Å²) in [5.74, 6) is 0.0114. The largest absolute Gasteiger partial charge is 0.384 e. The Morgan fingerprint density at radius 1 is 1.40 bits per heavy atom. The van der Waals surface area contributed by atoms with Crippen molar-refractivity contribution in [2.75, 3.05) is 25.0 Å². The number of hydrogen-bond donors (Lipinski definition) is 2. The molecule has 0 bridgehead atoms. The van der Waals surface area contributed by atoms with Gasteiger partial charge < -0.3 is 15.4 Å². The van der Waals surface area contributed by atoms with Crippen LogP contribution < -0.4 is 10.6 Å². The Balaban J connectivity index is 1.49. The molecular weight excluding hydrogens is 252 g/mol. The van der Waals surface area contributed by atoms with Crippen LogP contribution >= 0.6 is 0 Å². The fraction of sp³-hybridized carbons (Fsp3) is 0.562. The van der Waals surface area contributed by atoms with E-state index < -0.39 is 0 Å². The highest BCUT2D eigenvalue weighted by atomic mass is 16.5. The molecule has 1 amide bonds. The summed E-state index contributed by atoms with van der Waals surface area (Å²) in [6.45, 7) is 2.53. The summed E-state index contributed by atoms with van der Waals surface area (Å²) < 4.78 is 5.66. The van der Waals surface area contributed by atoms with Crippen molar-refractivity contribution in [3.05, 3.63) is 29.3 Å². The van der Waals surface area contributed by atoms with E-state index in [-0.39, 0.29) is 5.91 Å². The van der Waals surface area contributed by atoms with Crippen LogP contribution in [0.1, 0.15) is 41.6 Å². The topological polar surface area (TPSA) is 50.4 Å². The number of ether oxygens (including phenoxy) is 1. The van der Waals surface area contributed by atoms with Crippen molar-refractivity contribution in [1.29, 1.82) is 0 Å². The van der Waals surface area contributed by atoms with E-state index in [0.717, 1.165) is 43.7 Å². The maximum atomic E-state index is 12.1. The summed E-state index contributed by atoms with van der Waals surface area (Å²) >= 11 is 0. The predicted octanol–water partition coefficient (Wildman–Crippen LogP) is 2.34. The molecule has 4 nitrogen and oxygen atoms in total. The number of carbonyl (C=O) groups excluding carboxylic acids is 1. The lowest BCUT2D eigenvalue weighted by molar-refractivity contribution is 0.0117. The molecule has 2 aliphatic heterocycles. The van der Waals surface area contributed by atoms with Crippen LogP contribution in [-0.2, 0) is 11.2 Å². The highest BCUT2D eigenvalue weighted by Crippen LogP contribution is 2.23. The molecule has 1 aromatic rings. The third-order valence-electron chi connectivity index (χ3n) is 4.11. The second-order valence-corrected chi connectivity index (χ2v) is 5.58. The summed E-state index contributed by atoms with van der Waals surface area (Å²) in [6, 6.07) is 5.92. The number of benzene rings is 1. The second-order valence-electron chi connectivity index (χ2n) is 5.58. The number of hydrogen-bond acceptors (Lipinski definition) is 3. The van der Waals surface area contributed by atoms with Gasteiger partial charge in [0.2, 0.25) is 0 Å². The summed E-state index contributed by atoms with van der Waals surface area (Å²) in [4.78, 5) is 12.1. The van der Waals surface area contributed by atoms with Crippen LogP contribution in [0.5, 0.6) is 0 Å². The first-order valence-corrected chi connectivity index (χ1v) is 7.59. The SMILES string of the molecule is O=C(NCCC1CCCCO1)c1ccc2c(c1)NCC2. The van der Waals surface area contributed by atoms with Crippen LogP contribution in [0.3, 0.4) is 0 Å². The van der Waals surface area contributed by atoms with Crippen molar-refractivity contribution in [2.45, 2.75) is 38.2 Å². The Morgan fingerprint density at radius 3 is 3.20 bits per heavy atom. The molecule has 1 saturated heterocycles. The summed E-state index contributed by atoms with van der Waals surface area (Å²) in [5.41, 5.74) is 3.15. The van der Waals surface area contributed by atoms with Gasteiger partial charge in [-0.25, -0.2) is 0 Å². The summed E-state index contributed by atoms with van der Waals surface area (Å²) in [7, 11) is 0. The zero-order chi connectivity index (χ0) is 13.8. The minimum atomic E-state index is 0.0114. The molecule has 0 aromatic heterocycles. The number of nitrogens with one attached hydrogen (secondary N) is 2. The molecule has 20 heavy (non-hydrogen) atoms. The molecule has 2 N–H and O–H groups in total. The fourth-order valence-electron chi connectivity index (χ4n) is 2.92. The Labute approximate surface area is 119 Å². The molecule has 2 heterocycles. The van der Waals surface area contributed by atoms with Gasteiger partial charge in [0.1, 0.15) is 0 Å². The van der Waals surface area contributed by atoms with E-state index >= 15 is 0 Å². The van der Waals surface area contributed by atoms with Gasteiger partial charge in [0.25, 0.3) is 5.91 Å².